The predicted molar refractivity (Wildman–Crippen MR) is 285 cm³/mol. The van der Waals surface area contributed by atoms with Crippen LogP contribution in [0.5, 0.6) is 0 Å². The van der Waals surface area contributed by atoms with Crippen molar-refractivity contribution in [1.82, 2.24) is 0 Å². The lowest BCUT2D eigenvalue weighted by Crippen LogP contribution is -2.22. The van der Waals surface area contributed by atoms with E-state index in [0.29, 0.717) is 0 Å². The Morgan fingerprint density at radius 3 is 1.57 bits per heavy atom. The Hall–Kier alpha value is -8.52. The first kappa shape index (κ1) is 38.9. The number of hydrogen-bond acceptors (Lipinski definition) is 1. The van der Waals surface area contributed by atoms with E-state index in [1.54, 1.807) is 0 Å². The Morgan fingerprint density at radius 2 is 0.821 bits per heavy atom. The lowest BCUT2D eigenvalue weighted by molar-refractivity contribution is 0.714. The van der Waals surface area contributed by atoms with E-state index >= 15 is 0 Å². The highest BCUT2D eigenvalue weighted by atomic mass is 15.1. The third kappa shape index (κ3) is 6.16. The molecule has 314 valence electrons. The molecule has 0 N–H and O–H groups in total. The van der Waals surface area contributed by atoms with Gasteiger partial charge in [0.1, 0.15) is 0 Å². The van der Waals surface area contributed by atoms with Crippen LogP contribution in [0, 0.1) is 0 Å². The Morgan fingerprint density at radius 1 is 0.299 bits per heavy atom. The average molecular weight is 852 g/mol. The van der Waals surface area contributed by atoms with Crippen LogP contribution < -0.4 is 4.90 Å². The lowest BCUT2D eigenvalue weighted by atomic mass is 9.74. The minimum atomic E-state index is -0.341. The van der Waals surface area contributed by atoms with Gasteiger partial charge in [0.25, 0.3) is 0 Å². The second-order valence-corrected chi connectivity index (χ2v) is 18.1. The molecule has 12 aromatic carbocycles. The molecule has 67 heavy (non-hydrogen) atoms. The van der Waals surface area contributed by atoms with E-state index in [4.69, 9.17) is 0 Å². The van der Waals surface area contributed by atoms with Crippen molar-refractivity contribution in [2.24, 2.45) is 0 Å². The number of benzene rings is 12. The molecule has 0 spiro atoms. The number of fused-ring (bicyclic) bond motifs is 9. The molecule has 0 heterocycles. The van der Waals surface area contributed by atoms with Gasteiger partial charge in [-0.1, -0.05) is 218 Å². The predicted octanol–water partition coefficient (Wildman–Crippen LogP) is 18.1. The fourth-order valence-corrected chi connectivity index (χ4v) is 11.4. The van der Waals surface area contributed by atoms with Crippen LogP contribution in [0.25, 0.3) is 87.6 Å². The quantitative estimate of drug-likeness (QED) is 0.144. The van der Waals surface area contributed by atoms with Gasteiger partial charge in [0.05, 0.1) is 5.69 Å². The minimum Gasteiger partial charge on any atom is -0.310 e. The average Bonchev–Trinajstić information content (AvgIpc) is 3.66. The Kier molecular flexibility index (Phi) is 9.05. The van der Waals surface area contributed by atoms with Crippen molar-refractivity contribution in [2.75, 3.05) is 4.90 Å². The summed E-state index contributed by atoms with van der Waals surface area (Å²) in [6.07, 6.45) is 0. The normalized spacial score (nSPS) is 14.1. The summed E-state index contributed by atoms with van der Waals surface area (Å²) < 4.78 is 0. The Bertz CT molecular complexity index is 3870. The molecule has 13 rings (SSSR count). The summed E-state index contributed by atoms with van der Waals surface area (Å²) in [6.45, 7) is 2.41. The number of nitrogens with zero attached hydrogens (tertiary/aromatic N) is 1. The molecule has 12 aromatic rings. The van der Waals surface area contributed by atoms with Gasteiger partial charge in [-0.05, 0) is 142 Å². The van der Waals surface area contributed by atoms with Crippen molar-refractivity contribution >= 4 is 60.2 Å². The van der Waals surface area contributed by atoms with E-state index in [0.717, 1.165) is 22.6 Å². The highest BCUT2D eigenvalue weighted by Crippen LogP contribution is 2.55. The van der Waals surface area contributed by atoms with Crippen molar-refractivity contribution in [2.45, 2.75) is 12.3 Å². The molecule has 1 unspecified atom stereocenters. The Labute approximate surface area is 391 Å². The first-order valence-electron chi connectivity index (χ1n) is 23.3. The van der Waals surface area contributed by atoms with E-state index in [9.17, 15) is 0 Å². The molecular weight excluding hydrogens is 807 g/mol. The van der Waals surface area contributed by atoms with Crippen LogP contribution in [0.15, 0.2) is 255 Å². The minimum absolute atomic E-state index is 0.341. The van der Waals surface area contributed by atoms with Crippen LogP contribution in [0.1, 0.15) is 23.6 Å². The van der Waals surface area contributed by atoms with Gasteiger partial charge >= 0.3 is 0 Å². The molecule has 0 saturated carbocycles. The van der Waals surface area contributed by atoms with Crippen LogP contribution in [0.4, 0.5) is 17.1 Å². The molecular formula is C66H45N. The standard InChI is InChI=1S/C66H45N/c1-66(49-26-9-4-10-27-49)61-35-18-17-32-56(61)57-39-37-51(43-62(57)66)67(63-42-48-24-11-12-29-52(48)53-30-13-15-33-58(53)63)50-28-19-25-46(40-50)47-36-38-55-54-31-14-16-34-59(54)64(44-20-5-2-6-21-44)65(60(55)41-47)45-22-7-3-8-23-45/h2-43H,1H3. The maximum atomic E-state index is 2.50. The van der Waals surface area contributed by atoms with Crippen LogP contribution in [-0.4, -0.2) is 0 Å². The van der Waals surface area contributed by atoms with Crippen LogP contribution >= 0.6 is 0 Å². The van der Waals surface area contributed by atoms with Gasteiger partial charge in [-0.25, -0.2) is 0 Å². The van der Waals surface area contributed by atoms with Crippen molar-refractivity contribution in [1.29, 1.82) is 0 Å². The highest BCUT2D eigenvalue weighted by Gasteiger charge is 2.41. The summed E-state index contributed by atoms with van der Waals surface area (Å²) in [7, 11) is 0. The SMILES string of the molecule is CC1(c2ccccc2)c2ccccc2-c2ccc(N(c3cccc(-c4ccc5c(c4)c(-c4ccccc4)c(-c4ccccc4)c4ccccc45)c3)c3cc4ccccc4c4ccccc34)cc21. The van der Waals surface area contributed by atoms with Gasteiger partial charge in [0, 0.05) is 22.2 Å². The molecule has 0 amide bonds. The van der Waals surface area contributed by atoms with Crippen molar-refractivity contribution in [3.63, 3.8) is 0 Å². The van der Waals surface area contributed by atoms with Gasteiger partial charge in [-0.3, -0.25) is 0 Å². The van der Waals surface area contributed by atoms with Crippen LogP contribution in [-0.2, 0) is 5.41 Å². The molecule has 1 atom stereocenters. The molecule has 1 aliphatic rings. The largest absolute Gasteiger partial charge is 0.310 e. The van der Waals surface area contributed by atoms with Gasteiger partial charge in [0.2, 0.25) is 0 Å². The summed E-state index contributed by atoms with van der Waals surface area (Å²) in [5.74, 6) is 0. The third-order valence-electron chi connectivity index (χ3n) is 14.5. The van der Waals surface area contributed by atoms with Gasteiger partial charge in [0.15, 0.2) is 0 Å². The fraction of sp³-hybridized carbons (Fsp3) is 0.0303. The van der Waals surface area contributed by atoms with E-state index < -0.39 is 0 Å². The maximum absolute atomic E-state index is 2.50. The molecule has 0 fully saturated rings. The number of anilines is 3. The summed E-state index contributed by atoms with van der Waals surface area (Å²) in [4.78, 5) is 2.50. The van der Waals surface area contributed by atoms with E-state index in [1.807, 2.05) is 0 Å². The topological polar surface area (TPSA) is 3.24 Å². The Balaban J connectivity index is 1.06. The fourth-order valence-electron chi connectivity index (χ4n) is 11.4. The smallest absolute Gasteiger partial charge is 0.0546 e. The number of hydrogen-bond donors (Lipinski definition) is 0. The van der Waals surface area contributed by atoms with Gasteiger partial charge in [-0.2, -0.15) is 0 Å². The summed E-state index contributed by atoms with van der Waals surface area (Å²) in [6, 6.07) is 94.3. The second-order valence-electron chi connectivity index (χ2n) is 18.1. The van der Waals surface area contributed by atoms with E-state index in [2.05, 4.69) is 267 Å². The monoisotopic (exact) mass is 851 g/mol. The second kappa shape index (κ2) is 15.6. The van der Waals surface area contributed by atoms with E-state index in [-0.39, 0.29) is 5.41 Å². The maximum Gasteiger partial charge on any atom is 0.0546 e. The third-order valence-corrected chi connectivity index (χ3v) is 14.5. The zero-order valence-corrected chi connectivity index (χ0v) is 37.2. The summed E-state index contributed by atoms with van der Waals surface area (Å²) in [5, 5.41) is 9.92. The van der Waals surface area contributed by atoms with Crippen molar-refractivity contribution < 1.29 is 0 Å². The van der Waals surface area contributed by atoms with E-state index in [1.165, 1.54) is 98.7 Å². The van der Waals surface area contributed by atoms with Crippen molar-refractivity contribution in [3.05, 3.63) is 271 Å². The van der Waals surface area contributed by atoms with Crippen molar-refractivity contribution in [3.8, 4) is 44.5 Å². The molecule has 0 bridgehead atoms. The zero-order valence-electron chi connectivity index (χ0n) is 37.2. The van der Waals surface area contributed by atoms with Crippen LogP contribution in [0.2, 0.25) is 0 Å². The summed E-state index contributed by atoms with van der Waals surface area (Å²) >= 11 is 0. The first-order chi connectivity index (χ1) is 33.1. The van der Waals surface area contributed by atoms with Gasteiger partial charge in [-0.15, -0.1) is 0 Å². The molecule has 0 aliphatic heterocycles. The van der Waals surface area contributed by atoms with Gasteiger partial charge < -0.3 is 4.90 Å². The molecule has 1 heteroatoms. The number of rotatable bonds is 7. The lowest BCUT2D eigenvalue weighted by Gasteiger charge is -2.31. The van der Waals surface area contributed by atoms with Crippen LogP contribution in [0.3, 0.4) is 0 Å². The molecule has 0 aromatic heterocycles. The highest BCUT2D eigenvalue weighted by molar-refractivity contribution is 6.22. The molecule has 0 radical (unpaired) electrons. The molecule has 1 aliphatic carbocycles. The summed E-state index contributed by atoms with van der Waals surface area (Å²) in [5.41, 5.74) is 16.8. The molecule has 0 saturated heterocycles. The molecule has 1 nitrogen and oxygen atoms in total. The first-order valence-corrected chi connectivity index (χ1v) is 23.3. The zero-order chi connectivity index (χ0) is 44.5.